The van der Waals surface area contributed by atoms with Crippen LogP contribution in [-0.4, -0.2) is 15.4 Å². The minimum Gasteiger partial charge on any atom is -0.477 e. The summed E-state index contributed by atoms with van der Waals surface area (Å²) < 4.78 is 3.53. The van der Waals surface area contributed by atoms with Crippen LogP contribution >= 0.6 is 11.8 Å². The second kappa shape index (κ2) is 3.31. The van der Waals surface area contributed by atoms with E-state index in [9.17, 15) is 9.90 Å². The van der Waals surface area contributed by atoms with Gasteiger partial charge in [-0.05, 0) is 25.6 Å². The SMILES string of the molecule is CCn1c2[n+](c(O)c(C)c1=O)CCS2. The molecule has 1 aromatic rings. The van der Waals surface area contributed by atoms with Crippen LogP contribution in [0.2, 0.25) is 0 Å². The topological polar surface area (TPSA) is 46.1 Å². The van der Waals surface area contributed by atoms with Crippen LogP contribution in [-0.2, 0) is 13.1 Å². The summed E-state index contributed by atoms with van der Waals surface area (Å²) in [7, 11) is 0. The van der Waals surface area contributed by atoms with Crippen molar-refractivity contribution in [1.82, 2.24) is 4.57 Å². The highest BCUT2D eigenvalue weighted by Crippen LogP contribution is 2.21. The average Bonchev–Trinajstić information content (AvgIpc) is 2.64. The summed E-state index contributed by atoms with van der Waals surface area (Å²) in [5.41, 5.74) is 0.365. The Morgan fingerprint density at radius 2 is 2.36 bits per heavy atom. The number of hydrogen-bond donors (Lipinski definition) is 1. The van der Waals surface area contributed by atoms with Gasteiger partial charge in [0, 0.05) is 5.75 Å². The van der Waals surface area contributed by atoms with E-state index in [0.29, 0.717) is 12.1 Å². The molecule has 1 aliphatic rings. The number of hydrogen-bond acceptors (Lipinski definition) is 3. The molecule has 0 saturated carbocycles. The number of aromatic hydroxyl groups is 1. The van der Waals surface area contributed by atoms with E-state index < -0.39 is 0 Å². The van der Waals surface area contributed by atoms with Crippen molar-refractivity contribution in [3.8, 4) is 5.88 Å². The summed E-state index contributed by atoms with van der Waals surface area (Å²) >= 11 is 1.62. The standard InChI is InChI=1S/C9H12N2O2S/c1-3-10-7(12)6(2)8(13)11-4-5-14-9(10)11/h3-5H2,1-2H3/p+1. The molecular weight excluding hydrogens is 200 g/mol. The van der Waals surface area contributed by atoms with Crippen LogP contribution in [0.5, 0.6) is 5.88 Å². The number of nitrogens with zero attached hydrogens (tertiary/aromatic N) is 2. The van der Waals surface area contributed by atoms with Crippen LogP contribution in [0, 0.1) is 6.92 Å². The molecule has 0 bridgehead atoms. The second-order valence-corrected chi connectivity index (χ2v) is 4.34. The van der Waals surface area contributed by atoms with Crippen LogP contribution < -0.4 is 10.1 Å². The largest absolute Gasteiger partial charge is 0.477 e. The van der Waals surface area contributed by atoms with E-state index in [1.54, 1.807) is 23.3 Å². The first-order valence-corrected chi connectivity index (χ1v) is 5.64. The lowest BCUT2D eigenvalue weighted by molar-refractivity contribution is -0.735. The van der Waals surface area contributed by atoms with E-state index >= 15 is 0 Å². The lowest BCUT2D eigenvalue weighted by Crippen LogP contribution is -2.41. The molecule has 0 spiro atoms. The maximum absolute atomic E-state index is 11.8. The van der Waals surface area contributed by atoms with Gasteiger partial charge in [0.15, 0.2) is 0 Å². The monoisotopic (exact) mass is 213 g/mol. The summed E-state index contributed by atoms with van der Waals surface area (Å²) in [6.45, 7) is 5.05. The predicted molar refractivity (Wildman–Crippen MR) is 53.7 cm³/mol. The van der Waals surface area contributed by atoms with Crippen LogP contribution in [0.3, 0.4) is 0 Å². The Kier molecular flexibility index (Phi) is 2.26. The van der Waals surface area contributed by atoms with Crippen LogP contribution in [0.4, 0.5) is 0 Å². The number of rotatable bonds is 1. The van der Waals surface area contributed by atoms with Gasteiger partial charge in [0.1, 0.15) is 12.1 Å². The van der Waals surface area contributed by atoms with Gasteiger partial charge in [-0.15, -0.1) is 0 Å². The van der Waals surface area contributed by atoms with E-state index in [1.165, 1.54) is 0 Å². The number of thioether (sulfide) groups is 1. The Morgan fingerprint density at radius 1 is 1.64 bits per heavy atom. The van der Waals surface area contributed by atoms with Crippen molar-refractivity contribution >= 4 is 11.8 Å². The van der Waals surface area contributed by atoms with Crippen LogP contribution in [0.1, 0.15) is 12.5 Å². The summed E-state index contributed by atoms with van der Waals surface area (Å²) in [5.74, 6) is 1.05. The second-order valence-electron chi connectivity index (χ2n) is 3.28. The van der Waals surface area contributed by atoms with E-state index in [2.05, 4.69) is 0 Å². The van der Waals surface area contributed by atoms with Crippen LogP contribution in [0.15, 0.2) is 9.95 Å². The maximum Gasteiger partial charge on any atom is 0.345 e. The first-order chi connectivity index (χ1) is 6.66. The van der Waals surface area contributed by atoms with Gasteiger partial charge in [0.05, 0.1) is 6.54 Å². The maximum atomic E-state index is 11.8. The molecular formula is C9H13N2O2S+. The smallest absolute Gasteiger partial charge is 0.345 e. The first-order valence-electron chi connectivity index (χ1n) is 4.65. The fourth-order valence-corrected chi connectivity index (χ4v) is 2.85. The predicted octanol–water partition coefficient (Wildman–Crippen LogP) is 0.275. The van der Waals surface area contributed by atoms with Crippen molar-refractivity contribution in [2.45, 2.75) is 32.1 Å². The molecule has 0 aliphatic carbocycles. The Balaban J connectivity index is 2.81. The highest BCUT2D eigenvalue weighted by molar-refractivity contribution is 7.99. The molecule has 0 amide bonds. The highest BCUT2D eigenvalue weighted by atomic mass is 32.2. The Bertz CT molecular complexity index is 439. The zero-order valence-electron chi connectivity index (χ0n) is 8.28. The molecule has 0 radical (unpaired) electrons. The van der Waals surface area contributed by atoms with Gasteiger partial charge in [-0.1, -0.05) is 0 Å². The fourth-order valence-electron chi connectivity index (χ4n) is 1.69. The lowest BCUT2D eigenvalue weighted by atomic mass is 10.3. The van der Waals surface area contributed by atoms with Crippen molar-refractivity contribution in [2.24, 2.45) is 0 Å². The van der Waals surface area contributed by atoms with Gasteiger partial charge < -0.3 is 5.11 Å². The summed E-state index contributed by atoms with van der Waals surface area (Å²) in [6, 6.07) is 0. The zero-order valence-corrected chi connectivity index (χ0v) is 9.10. The molecule has 0 saturated heterocycles. The van der Waals surface area contributed by atoms with Crippen molar-refractivity contribution in [3.05, 3.63) is 15.9 Å². The van der Waals surface area contributed by atoms with Gasteiger partial charge >= 0.3 is 10.7 Å². The zero-order chi connectivity index (χ0) is 10.3. The van der Waals surface area contributed by atoms with Gasteiger partial charge in [0.2, 0.25) is 0 Å². The molecule has 2 rings (SSSR count). The molecule has 1 aliphatic heterocycles. The van der Waals surface area contributed by atoms with Crippen LogP contribution in [0.25, 0.3) is 0 Å². The first kappa shape index (κ1) is 9.58. The number of fused-ring (bicyclic) bond motifs is 1. The fraction of sp³-hybridized carbons (Fsp3) is 0.556. The van der Waals surface area contributed by atoms with Crippen molar-refractivity contribution in [2.75, 3.05) is 5.75 Å². The minimum atomic E-state index is -0.0781. The third-order valence-electron chi connectivity index (χ3n) is 2.48. The van der Waals surface area contributed by atoms with Gasteiger partial charge in [-0.25, -0.2) is 4.79 Å². The molecule has 14 heavy (non-hydrogen) atoms. The van der Waals surface area contributed by atoms with Gasteiger partial charge in [-0.2, -0.15) is 9.13 Å². The molecule has 0 fully saturated rings. The van der Waals surface area contributed by atoms with Crippen molar-refractivity contribution in [1.29, 1.82) is 0 Å². The van der Waals surface area contributed by atoms with Gasteiger partial charge in [0.25, 0.3) is 5.88 Å². The Morgan fingerprint density at radius 3 is 3.00 bits per heavy atom. The van der Waals surface area contributed by atoms with E-state index in [0.717, 1.165) is 17.5 Å². The molecule has 1 N–H and O–H groups in total. The highest BCUT2D eigenvalue weighted by Gasteiger charge is 2.29. The molecule has 5 heteroatoms. The third kappa shape index (κ3) is 1.15. The summed E-state index contributed by atoms with van der Waals surface area (Å²) in [6.07, 6.45) is 0. The van der Waals surface area contributed by atoms with E-state index in [1.807, 2.05) is 11.5 Å². The quantitative estimate of drug-likeness (QED) is 0.538. The Labute approximate surface area is 86.2 Å². The average molecular weight is 213 g/mol. The Hall–Kier alpha value is -0.970. The molecule has 0 unspecified atom stereocenters. The molecule has 0 aromatic carbocycles. The summed E-state index contributed by atoms with van der Waals surface area (Å²) in [4.78, 5) is 11.8. The third-order valence-corrected chi connectivity index (χ3v) is 3.57. The van der Waals surface area contributed by atoms with Gasteiger partial charge in [-0.3, -0.25) is 0 Å². The summed E-state index contributed by atoms with van der Waals surface area (Å²) in [5, 5.41) is 10.6. The molecule has 4 nitrogen and oxygen atoms in total. The van der Waals surface area contributed by atoms with E-state index in [4.69, 9.17) is 0 Å². The normalized spacial score (nSPS) is 14.4. The minimum absolute atomic E-state index is 0.0781. The molecule has 1 aromatic heterocycles. The molecule has 0 atom stereocenters. The molecule has 76 valence electrons. The number of aromatic nitrogens is 2. The van der Waals surface area contributed by atoms with E-state index in [-0.39, 0.29) is 11.4 Å². The molecule has 2 heterocycles. The van der Waals surface area contributed by atoms with Crippen molar-refractivity contribution < 1.29 is 9.67 Å². The van der Waals surface area contributed by atoms with Crippen molar-refractivity contribution in [3.63, 3.8) is 0 Å². The lowest BCUT2D eigenvalue weighted by Gasteiger charge is -2.05.